The van der Waals surface area contributed by atoms with Crippen molar-refractivity contribution < 1.29 is 14.3 Å². The maximum absolute atomic E-state index is 12.1. The Kier molecular flexibility index (Phi) is 3.86. The lowest BCUT2D eigenvalue weighted by Gasteiger charge is -2.39. The second-order valence-corrected chi connectivity index (χ2v) is 6.50. The van der Waals surface area contributed by atoms with Crippen LogP contribution in [-0.2, 0) is 9.47 Å². The first-order chi connectivity index (χ1) is 9.22. The quantitative estimate of drug-likeness (QED) is 0.903. The third kappa shape index (κ3) is 2.99. The number of rotatable bonds is 2. The van der Waals surface area contributed by atoms with Crippen LogP contribution in [0.5, 0.6) is 0 Å². The number of aryl methyl sites for hydroxylation is 1. The summed E-state index contributed by atoms with van der Waals surface area (Å²) in [6.45, 7) is 3.39. The van der Waals surface area contributed by atoms with Crippen LogP contribution in [0.2, 0.25) is 0 Å². The summed E-state index contributed by atoms with van der Waals surface area (Å²) in [5.41, 5.74) is 0. The summed E-state index contributed by atoms with van der Waals surface area (Å²) < 4.78 is 11.4. The van der Waals surface area contributed by atoms with Gasteiger partial charge < -0.3 is 14.8 Å². The molecule has 1 saturated heterocycles. The van der Waals surface area contributed by atoms with E-state index in [2.05, 4.69) is 5.32 Å². The predicted octanol–water partition coefficient (Wildman–Crippen LogP) is 2.12. The van der Waals surface area contributed by atoms with E-state index in [4.69, 9.17) is 9.47 Å². The lowest BCUT2D eigenvalue weighted by Crippen LogP contribution is -2.49. The average Bonchev–Trinajstić information content (AvgIpc) is 2.85. The molecule has 5 heteroatoms. The molecule has 1 aliphatic heterocycles. The molecule has 0 radical (unpaired) electrons. The van der Waals surface area contributed by atoms with Gasteiger partial charge in [-0.05, 0) is 38.3 Å². The molecule has 19 heavy (non-hydrogen) atoms. The van der Waals surface area contributed by atoms with Gasteiger partial charge in [0.2, 0.25) is 0 Å². The molecule has 1 aromatic heterocycles. The monoisotopic (exact) mass is 281 g/mol. The average molecular weight is 281 g/mol. The van der Waals surface area contributed by atoms with Gasteiger partial charge in [0.1, 0.15) is 0 Å². The molecule has 2 heterocycles. The molecule has 4 nitrogen and oxygen atoms in total. The van der Waals surface area contributed by atoms with E-state index >= 15 is 0 Å². The zero-order valence-electron chi connectivity index (χ0n) is 11.1. The van der Waals surface area contributed by atoms with E-state index in [-0.39, 0.29) is 24.2 Å². The van der Waals surface area contributed by atoms with Gasteiger partial charge in [0.25, 0.3) is 5.91 Å². The first kappa shape index (κ1) is 13.1. The molecule has 3 rings (SSSR count). The van der Waals surface area contributed by atoms with Crippen molar-refractivity contribution in [2.24, 2.45) is 0 Å². The van der Waals surface area contributed by atoms with Crippen molar-refractivity contribution in [2.75, 3.05) is 13.2 Å². The highest BCUT2D eigenvalue weighted by molar-refractivity contribution is 7.13. The van der Waals surface area contributed by atoms with Gasteiger partial charge in [0.05, 0.1) is 30.3 Å². The lowest BCUT2D eigenvalue weighted by molar-refractivity contribution is -0.157. The maximum Gasteiger partial charge on any atom is 0.261 e. The highest BCUT2D eigenvalue weighted by Crippen LogP contribution is 2.27. The van der Waals surface area contributed by atoms with Crippen LogP contribution in [0, 0.1) is 6.92 Å². The minimum Gasteiger partial charge on any atom is -0.373 e. The van der Waals surface area contributed by atoms with Crippen LogP contribution >= 0.6 is 11.3 Å². The first-order valence-corrected chi connectivity index (χ1v) is 7.64. The van der Waals surface area contributed by atoms with Crippen LogP contribution in [0.15, 0.2) is 12.1 Å². The highest BCUT2D eigenvalue weighted by Gasteiger charge is 2.34. The van der Waals surface area contributed by atoms with Gasteiger partial charge >= 0.3 is 0 Å². The van der Waals surface area contributed by atoms with Crippen molar-refractivity contribution in [2.45, 2.75) is 44.4 Å². The number of carbonyl (C=O) groups excluding carboxylic acids is 1. The molecule has 2 fully saturated rings. The topological polar surface area (TPSA) is 47.6 Å². The Morgan fingerprint density at radius 2 is 2.05 bits per heavy atom. The molecule has 0 bridgehead atoms. The van der Waals surface area contributed by atoms with Gasteiger partial charge in [-0.2, -0.15) is 0 Å². The number of ether oxygens (including phenoxy) is 2. The minimum atomic E-state index is 0.0401. The van der Waals surface area contributed by atoms with E-state index in [0.717, 1.165) is 29.0 Å². The minimum absolute atomic E-state index is 0.0401. The summed E-state index contributed by atoms with van der Waals surface area (Å²) in [6.07, 6.45) is 3.18. The molecule has 1 N–H and O–H groups in total. The number of carbonyl (C=O) groups is 1. The zero-order valence-corrected chi connectivity index (χ0v) is 11.9. The molecule has 1 saturated carbocycles. The normalized spacial score (nSPS) is 30.7. The second-order valence-electron chi connectivity index (χ2n) is 5.21. The van der Waals surface area contributed by atoms with Crippen LogP contribution < -0.4 is 5.32 Å². The molecule has 0 aromatic carbocycles. The van der Waals surface area contributed by atoms with Crippen LogP contribution in [0.1, 0.15) is 33.8 Å². The second kappa shape index (κ2) is 5.61. The third-order valence-electron chi connectivity index (χ3n) is 3.78. The summed E-state index contributed by atoms with van der Waals surface area (Å²) in [4.78, 5) is 14.1. The SMILES string of the molecule is Cc1ccc(C(=O)N[C@@H]2CC[C@@H]3OCCO[C@@H]3C2)s1. The Morgan fingerprint density at radius 3 is 2.79 bits per heavy atom. The van der Waals surface area contributed by atoms with Crippen LogP contribution in [0.3, 0.4) is 0 Å². The molecule has 1 aromatic rings. The van der Waals surface area contributed by atoms with Gasteiger partial charge in [-0.3, -0.25) is 4.79 Å². The molecular weight excluding hydrogens is 262 g/mol. The van der Waals surface area contributed by atoms with Gasteiger partial charge in [-0.25, -0.2) is 0 Å². The van der Waals surface area contributed by atoms with Crippen molar-refractivity contribution in [1.29, 1.82) is 0 Å². The fraction of sp³-hybridized carbons (Fsp3) is 0.643. The maximum atomic E-state index is 12.1. The Balaban J connectivity index is 1.57. The highest BCUT2D eigenvalue weighted by atomic mass is 32.1. The smallest absolute Gasteiger partial charge is 0.261 e. The Morgan fingerprint density at radius 1 is 1.26 bits per heavy atom. The fourth-order valence-corrected chi connectivity index (χ4v) is 3.58. The lowest BCUT2D eigenvalue weighted by atomic mass is 9.89. The van der Waals surface area contributed by atoms with Crippen molar-refractivity contribution in [3.63, 3.8) is 0 Å². The molecule has 0 spiro atoms. The van der Waals surface area contributed by atoms with E-state index in [9.17, 15) is 4.79 Å². The zero-order chi connectivity index (χ0) is 13.2. The summed E-state index contributed by atoms with van der Waals surface area (Å²) >= 11 is 1.54. The van der Waals surface area contributed by atoms with Gasteiger partial charge in [0, 0.05) is 10.9 Å². The van der Waals surface area contributed by atoms with Gasteiger partial charge in [-0.1, -0.05) is 0 Å². The standard InChI is InChI=1S/C14H19NO3S/c1-9-2-5-13(19-9)14(16)15-10-3-4-11-12(8-10)18-7-6-17-11/h2,5,10-12H,3-4,6-8H2,1H3,(H,15,16)/t10-,11+,12-/m1/s1. The summed E-state index contributed by atoms with van der Waals surface area (Å²) in [7, 11) is 0. The molecule has 1 aliphatic carbocycles. The van der Waals surface area contributed by atoms with E-state index in [1.54, 1.807) is 0 Å². The van der Waals surface area contributed by atoms with Crippen molar-refractivity contribution in [1.82, 2.24) is 5.32 Å². The number of nitrogens with one attached hydrogen (secondary N) is 1. The van der Waals surface area contributed by atoms with E-state index < -0.39 is 0 Å². The van der Waals surface area contributed by atoms with Crippen LogP contribution in [0.4, 0.5) is 0 Å². The van der Waals surface area contributed by atoms with Crippen molar-refractivity contribution >= 4 is 17.2 Å². The van der Waals surface area contributed by atoms with E-state index in [0.29, 0.717) is 13.2 Å². The third-order valence-corrected chi connectivity index (χ3v) is 4.78. The van der Waals surface area contributed by atoms with Crippen LogP contribution in [0.25, 0.3) is 0 Å². The molecular formula is C14H19NO3S. The molecule has 1 amide bonds. The number of amides is 1. The Labute approximate surface area is 117 Å². The molecule has 104 valence electrons. The Bertz CT molecular complexity index is 459. The number of fused-ring (bicyclic) bond motifs is 1. The predicted molar refractivity (Wildman–Crippen MR) is 73.6 cm³/mol. The molecule has 2 aliphatic rings. The molecule has 0 unspecified atom stereocenters. The van der Waals surface area contributed by atoms with Gasteiger partial charge in [0.15, 0.2) is 0 Å². The number of hydrogen-bond acceptors (Lipinski definition) is 4. The summed E-state index contributed by atoms with van der Waals surface area (Å²) in [5, 5.41) is 3.12. The van der Waals surface area contributed by atoms with E-state index in [1.807, 2.05) is 19.1 Å². The first-order valence-electron chi connectivity index (χ1n) is 6.83. The van der Waals surface area contributed by atoms with Crippen LogP contribution in [-0.4, -0.2) is 37.4 Å². The summed E-state index contributed by atoms with van der Waals surface area (Å²) in [5.74, 6) is 0.0401. The number of thiophene rings is 1. The Hall–Kier alpha value is -0.910. The van der Waals surface area contributed by atoms with Gasteiger partial charge in [-0.15, -0.1) is 11.3 Å². The molecule has 3 atom stereocenters. The largest absolute Gasteiger partial charge is 0.373 e. The van der Waals surface area contributed by atoms with E-state index in [1.165, 1.54) is 11.3 Å². The summed E-state index contributed by atoms with van der Waals surface area (Å²) in [6, 6.07) is 4.08. The number of hydrogen-bond donors (Lipinski definition) is 1. The fourth-order valence-electron chi connectivity index (χ4n) is 2.81. The van der Waals surface area contributed by atoms with Crippen molar-refractivity contribution in [3.05, 3.63) is 21.9 Å². The van der Waals surface area contributed by atoms with Crippen molar-refractivity contribution in [3.8, 4) is 0 Å².